The van der Waals surface area contributed by atoms with E-state index in [0.717, 1.165) is 0 Å². The Morgan fingerprint density at radius 2 is 1.51 bits per heavy atom. The second-order valence-corrected chi connectivity index (χ2v) is 9.28. The number of piperazine rings is 1. The Kier molecular flexibility index (Phi) is 6.37. The Labute approximate surface area is 205 Å². The lowest BCUT2D eigenvalue weighted by atomic mass is 10.1. The van der Waals surface area contributed by atoms with Crippen LogP contribution in [0.4, 0.5) is 4.39 Å². The highest BCUT2D eigenvalue weighted by atomic mass is 32.1. The number of nitrogens with zero attached hydrogens (tertiary/aromatic N) is 2. The van der Waals surface area contributed by atoms with Crippen LogP contribution in [0.5, 0.6) is 11.5 Å². The Hall–Kier alpha value is -3.91. The minimum Gasteiger partial charge on any atom is -0.507 e. The molecule has 0 atom stereocenters. The van der Waals surface area contributed by atoms with Crippen LogP contribution in [0, 0.1) is 5.82 Å². The summed E-state index contributed by atoms with van der Waals surface area (Å²) >= 11 is 1.26. The van der Waals surface area contributed by atoms with Crippen molar-refractivity contribution in [3.8, 4) is 11.5 Å². The molecule has 1 N–H and O–H groups in total. The van der Waals surface area contributed by atoms with Crippen LogP contribution in [-0.4, -0.2) is 52.9 Å². The molecule has 2 amide bonds. The van der Waals surface area contributed by atoms with E-state index in [4.69, 9.17) is 4.74 Å². The van der Waals surface area contributed by atoms with Gasteiger partial charge in [-0.3, -0.25) is 9.59 Å². The second kappa shape index (κ2) is 9.76. The smallest absolute Gasteiger partial charge is 0.264 e. The Morgan fingerprint density at radius 3 is 2.23 bits per heavy atom. The first-order valence-electron chi connectivity index (χ1n) is 11.3. The number of benzene rings is 3. The number of hydrogen-bond donors (Lipinski definition) is 1. The fourth-order valence-corrected chi connectivity index (χ4v) is 5.42. The molecule has 4 aromatic rings. The van der Waals surface area contributed by atoms with Crippen molar-refractivity contribution >= 4 is 33.2 Å². The Balaban J connectivity index is 1.36. The highest BCUT2D eigenvalue weighted by Crippen LogP contribution is 2.35. The molecule has 8 heteroatoms. The third-order valence-corrected chi connectivity index (χ3v) is 7.26. The van der Waals surface area contributed by atoms with Gasteiger partial charge >= 0.3 is 0 Å². The fourth-order valence-electron chi connectivity index (χ4n) is 4.23. The summed E-state index contributed by atoms with van der Waals surface area (Å²) in [6.45, 7) is 1.43. The SMILES string of the molecule is O=C(c1ccccc1O)N1CCN(C(=O)c2sc3cccc(F)c3c2COc2ccccc2)CC1. The van der Waals surface area contributed by atoms with Gasteiger partial charge in [0.1, 0.15) is 23.9 Å². The number of amides is 2. The zero-order valence-electron chi connectivity index (χ0n) is 18.8. The molecule has 0 radical (unpaired) electrons. The van der Waals surface area contributed by atoms with Crippen LogP contribution in [0.1, 0.15) is 25.6 Å². The molecule has 0 bridgehead atoms. The molecule has 0 aliphatic carbocycles. The Bertz CT molecular complexity index is 1380. The summed E-state index contributed by atoms with van der Waals surface area (Å²) in [5, 5.41) is 10.4. The summed E-state index contributed by atoms with van der Waals surface area (Å²) < 4.78 is 21.4. The standard InChI is InChI=1S/C27H23FN2O4S/c28-21-10-6-12-23-24(21)20(17-34-18-7-2-1-3-8-18)25(35-23)27(33)30-15-13-29(14-16-30)26(32)19-9-4-5-11-22(19)31/h1-12,31H,13-17H2. The summed E-state index contributed by atoms with van der Waals surface area (Å²) in [5.41, 5.74) is 0.775. The van der Waals surface area contributed by atoms with Gasteiger partial charge in [-0.2, -0.15) is 0 Å². The lowest BCUT2D eigenvalue weighted by molar-refractivity contribution is 0.0535. The highest BCUT2D eigenvalue weighted by molar-refractivity contribution is 7.21. The number of phenolic OH excluding ortho intramolecular Hbond substituents is 1. The van der Waals surface area contributed by atoms with Gasteiger partial charge in [0.05, 0.1) is 10.4 Å². The average Bonchev–Trinajstić information content (AvgIpc) is 3.27. The molecule has 1 fully saturated rings. The normalized spacial score (nSPS) is 13.7. The van der Waals surface area contributed by atoms with E-state index in [1.54, 1.807) is 40.1 Å². The van der Waals surface area contributed by atoms with Crippen molar-refractivity contribution in [1.29, 1.82) is 0 Å². The number of hydrogen-bond acceptors (Lipinski definition) is 5. The number of carbonyl (C=O) groups excluding carboxylic acids is 2. The quantitative estimate of drug-likeness (QED) is 0.431. The maximum atomic E-state index is 14.8. The van der Waals surface area contributed by atoms with Gasteiger partial charge in [0, 0.05) is 41.8 Å². The molecule has 5 rings (SSSR count). The third kappa shape index (κ3) is 4.57. The van der Waals surface area contributed by atoms with E-state index in [-0.39, 0.29) is 35.6 Å². The third-order valence-electron chi connectivity index (χ3n) is 6.07. The lowest BCUT2D eigenvalue weighted by Crippen LogP contribution is -2.50. The molecule has 3 aromatic carbocycles. The van der Waals surface area contributed by atoms with Gasteiger partial charge in [0.15, 0.2) is 0 Å². The fraction of sp³-hybridized carbons (Fsp3) is 0.185. The summed E-state index contributed by atoms with van der Waals surface area (Å²) in [6, 6.07) is 20.5. The molecule has 35 heavy (non-hydrogen) atoms. The molecular formula is C27H23FN2O4S. The van der Waals surface area contributed by atoms with Crippen molar-refractivity contribution in [3.05, 3.63) is 94.6 Å². The highest BCUT2D eigenvalue weighted by Gasteiger charge is 2.30. The van der Waals surface area contributed by atoms with Gasteiger partial charge in [-0.25, -0.2) is 4.39 Å². The van der Waals surface area contributed by atoms with E-state index < -0.39 is 0 Å². The first-order chi connectivity index (χ1) is 17.0. The number of carbonyl (C=O) groups is 2. The van der Waals surface area contributed by atoms with E-state index in [1.807, 2.05) is 30.3 Å². The van der Waals surface area contributed by atoms with Crippen LogP contribution in [0.25, 0.3) is 10.1 Å². The van der Waals surface area contributed by atoms with E-state index in [1.165, 1.54) is 23.5 Å². The molecule has 0 unspecified atom stereocenters. The Morgan fingerprint density at radius 1 is 0.857 bits per heavy atom. The van der Waals surface area contributed by atoms with Gasteiger partial charge in [0.25, 0.3) is 11.8 Å². The molecule has 2 heterocycles. The molecule has 6 nitrogen and oxygen atoms in total. The topological polar surface area (TPSA) is 70.1 Å². The zero-order valence-corrected chi connectivity index (χ0v) is 19.6. The number of thiophene rings is 1. The molecule has 0 spiro atoms. The van der Waals surface area contributed by atoms with Gasteiger partial charge in [0.2, 0.25) is 0 Å². The number of para-hydroxylation sites is 2. The van der Waals surface area contributed by atoms with Crippen molar-refractivity contribution in [2.24, 2.45) is 0 Å². The predicted molar refractivity (Wildman–Crippen MR) is 132 cm³/mol. The van der Waals surface area contributed by atoms with Gasteiger partial charge in [-0.15, -0.1) is 11.3 Å². The van der Waals surface area contributed by atoms with Crippen molar-refractivity contribution < 1.29 is 23.8 Å². The maximum absolute atomic E-state index is 14.8. The summed E-state index contributed by atoms with van der Waals surface area (Å²) in [5.74, 6) is -0.283. The van der Waals surface area contributed by atoms with E-state index >= 15 is 0 Å². The minimum absolute atomic E-state index is 0.0635. The lowest BCUT2D eigenvalue weighted by Gasteiger charge is -2.34. The van der Waals surface area contributed by atoms with E-state index in [2.05, 4.69) is 0 Å². The van der Waals surface area contributed by atoms with E-state index in [0.29, 0.717) is 52.5 Å². The number of fused-ring (bicyclic) bond motifs is 1. The molecule has 1 aliphatic rings. The number of aromatic hydroxyl groups is 1. The molecule has 1 aromatic heterocycles. The van der Waals surface area contributed by atoms with Gasteiger partial charge in [-0.05, 0) is 36.4 Å². The number of halogens is 1. The molecule has 1 saturated heterocycles. The van der Waals surface area contributed by atoms with Crippen LogP contribution in [0.3, 0.4) is 0 Å². The van der Waals surface area contributed by atoms with Crippen molar-refractivity contribution in [3.63, 3.8) is 0 Å². The summed E-state index contributed by atoms with van der Waals surface area (Å²) in [4.78, 5) is 30.1. The summed E-state index contributed by atoms with van der Waals surface area (Å²) in [7, 11) is 0. The van der Waals surface area contributed by atoms with Crippen LogP contribution in [0.2, 0.25) is 0 Å². The van der Waals surface area contributed by atoms with Crippen LogP contribution in [0.15, 0.2) is 72.8 Å². The minimum atomic E-state index is -0.387. The molecule has 0 saturated carbocycles. The van der Waals surface area contributed by atoms with Crippen LogP contribution in [-0.2, 0) is 6.61 Å². The van der Waals surface area contributed by atoms with Crippen LogP contribution < -0.4 is 4.74 Å². The average molecular weight is 491 g/mol. The molecular weight excluding hydrogens is 467 g/mol. The van der Waals surface area contributed by atoms with Crippen molar-refractivity contribution in [1.82, 2.24) is 9.80 Å². The van der Waals surface area contributed by atoms with Crippen molar-refractivity contribution in [2.45, 2.75) is 6.61 Å². The van der Waals surface area contributed by atoms with Gasteiger partial charge in [-0.1, -0.05) is 36.4 Å². The van der Waals surface area contributed by atoms with Gasteiger partial charge < -0.3 is 19.6 Å². The zero-order chi connectivity index (χ0) is 24.4. The number of ether oxygens (including phenoxy) is 1. The largest absolute Gasteiger partial charge is 0.507 e. The summed E-state index contributed by atoms with van der Waals surface area (Å²) in [6.07, 6.45) is 0. The number of phenols is 1. The first kappa shape index (κ1) is 22.9. The van der Waals surface area contributed by atoms with Crippen LogP contribution >= 0.6 is 11.3 Å². The maximum Gasteiger partial charge on any atom is 0.264 e. The monoisotopic (exact) mass is 490 g/mol. The molecule has 1 aliphatic heterocycles. The van der Waals surface area contributed by atoms with Crippen molar-refractivity contribution in [2.75, 3.05) is 26.2 Å². The first-order valence-corrected chi connectivity index (χ1v) is 12.1. The number of rotatable bonds is 5. The predicted octanol–water partition coefficient (Wildman–Crippen LogP) is 4.92. The second-order valence-electron chi connectivity index (χ2n) is 8.23. The van der Waals surface area contributed by atoms with E-state index in [9.17, 15) is 19.1 Å². The molecule has 178 valence electrons.